The number of nitrogens with one attached hydrogen (secondary N) is 1. The van der Waals surface area contributed by atoms with E-state index in [1.165, 1.54) is 11.8 Å². The highest BCUT2D eigenvalue weighted by Crippen LogP contribution is 2.36. The highest BCUT2D eigenvalue weighted by atomic mass is 32.2. The summed E-state index contributed by atoms with van der Waals surface area (Å²) in [5.41, 5.74) is 1.74. The van der Waals surface area contributed by atoms with Gasteiger partial charge in [0.2, 0.25) is 12.7 Å². The number of carbonyl (C=O) groups is 1. The van der Waals surface area contributed by atoms with E-state index in [0.717, 1.165) is 11.3 Å². The quantitative estimate of drug-likeness (QED) is 0.216. The molecule has 0 spiro atoms. The Bertz CT molecular complexity index is 1550. The number of thioether (sulfide) groups is 1. The van der Waals surface area contributed by atoms with Crippen molar-refractivity contribution in [3.8, 4) is 23.0 Å². The second kappa shape index (κ2) is 11.7. The molecule has 0 saturated heterocycles. The van der Waals surface area contributed by atoms with E-state index in [4.69, 9.17) is 23.9 Å². The molecule has 2 heterocycles. The van der Waals surface area contributed by atoms with E-state index < -0.39 is 5.25 Å². The minimum atomic E-state index is -0.514. The molecule has 0 radical (unpaired) electrons. The van der Waals surface area contributed by atoms with E-state index in [2.05, 4.69) is 5.32 Å². The standard InChI is InChI=1S/C29H29N3O6S/c1-4-26(27(33)30-21-8-6-7-9-23(21)36-5-2)39-29-31-22-15-25-24(37-17-38-25)14-20(22)28(34)32(29)16-18-10-12-19(35-3)13-11-18/h6-15,26H,4-5,16-17H2,1-3H3,(H,30,33). The Morgan fingerprint density at radius 3 is 2.56 bits per heavy atom. The third kappa shape index (κ3) is 5.65. The summed E-state index contributed by atoms with van der Waals surface area (Å²) in [6.45, 7) is 4.67. The molecule has 0 aliphatic carbocycles. The van der Waals surface area contributed by atoms with E-state index in [1.54, 1.807) is 29.9 Å². The first-order valence-corrected chi connectivity index (χ1v) is 13.5. The number of amides is 1. The summed E-state index contributed by atoms with van der Waals surface area (Å²) in [5, 5.41) is 3.32. The smallest absolute Gasteiger partial charge is 0.262 e. The molecule has 39 heavy (non-hydrogen) atoms. The zero-order valence-electron chi connectivity index (χ0n) is 21.9. The summed E-state index contributed by atoms with van der Waals surface area (Å²) >= 11 is 1.25. The first-order valence-electron chi connectivity index (χ1n) is 12.7. The van der Waals surface area contributed by atoms with Crippen LogP contribution >= 0.6 is 11.8 Å². The van der Waals surface area contributed by atoms with Crippen LogP contribution in [0.4, 0.5) is 5.69 Å². The summed E-state index contributed by atoms with van der Waals surface area (Å²) < 4.78 is 23.5. The van der Waals surface area contributed by atoms with Crippen molar-refractivity contribution in [2.75, 3.05) is 25.8 Å². The molecule has 5 rings (SSSR count). The van der Waals surface area contributed by atoms with Crippen LogP contribution in [0.2, 0.25) is 0 Å². The Hall–Kier alpha value is -4.18. The molecule has 0 bridgehead atoms. The second-order valence-electron chi connectivity index (χ2n) is 8.79. The molecule has 1 aliphatic heterocycles. The van der Waals surface area contributed by atoms with Gasteiger partial charge in [-0.1, -0.05) is 43.0 Å². The number of hydrogen-bond acceptors (Lipinski definition) is 8. The number of ether oxygens (including phenoxy) is 4. The third-order valence-electron chi connectivity index (χ3n) is 6.27. The van der Waals surface area contributed by atoms with Gasteiger partial charge in [-0.05, 0) is 49.2 Å². The SMILES string of the molecule is CCOc1ccccc1NC(=O)C(CC)Sc1nc2cc3c(cc2c(=O)n1Cc1ccc(OC)cc1)OCO3. The largest absolute Gasteiger partial charge is 0.497 e. The van der Waals surface area contributed by atoms with Crippen molar-refractivity contribution in [1.82, 2.24) is 9.55 Å². The van der Waals surface area contributed by atoms with E-state index in [9.17, 15) is 9.59 Å². The third-order valence-corrected chi connectivity index (χ3v) is 7.62. The number of methoxy groups -OCH3 is 1. The van der Waals surface area contributed by atoms with Crippen molar-refractivity contribution in [3.05, 3.63) is 76.6 Å². The number of anilines is 1. The lowest BCUT2D eigenvalue weighted by molar-refractivity contribution is -0.115. The van der Waals surface area contributed by atoms with E-state index in [-0.39, 0.29) is 24.8 Å². The van der Waals surface area contributed by atoms with Gasteiger partial charge in [-0.2, -0.15) is 0 Å². The Kier molecular flexibility index (Phi) is 7.92. The fourth-order valence-electron chi connectivity index (χ4n) is 4.25. The number of carbonyl (C=O) groups excluding carboxylic acids is 1. The zero-order valence-corrected chi connectivity index (χ0v) is 22.7. The topological polar surface area (TPSA) is 101 Å². The van der Waals surface area contributed by atoms with E-state index in [1.807, 2.05) is 56.3 Å². The molecule has 0 fully saturated rings. The maximum atomic E-state index is 13.8. The van der Waals surface area contributed by atoms with Crippen LogP contribution in [0.15, 0.2) is 70.6 Å². The molecule has 10 heteroatoms. The lowest BCUT2D eigenvalue weighted by Crippen LogP contribution is -2.28. The van der Waals surface area contributed by atoms with Gasteiger partial charge in [0.1, 0.15) is 11.5 Å². The monoisotopic (exact) mass is 547 g/mol. The van der Waals surface area contributed by atoms with Crippen molar-refractivity contribution in [2.45, 2.75) is 37.2 Å². The van der Waals surface area contributed by atoms with Crippen molar-refractivity contribution >= 4 is 34.3 Å². The molecule has 1 aromatic heterocycles. The average molecular weight is 548 g/mol. The van der Waals surface area contributed by atoms with Crippen LogP contribution in [0.5, 0.6) is 23.0 Å². The zero-order chi connectivity index (χ0) is 27.4. The van der Waals surface area contributed by atoms with Gasteiger partial charge in [0.25, 0.3) is 5.56 Å². The number of fused-ring (bicyclic) bond motifs is 2. The molecule has 3 aromatic carbocycles. The van der Waals surface area contributed by atoms with Gasteiger partial charge < -0.3 is 24.3 Å². The van der Waals surface area contributed by atoms with Gasteiger partial charge in [-0.3, -0.25) is 14.2 Å². The minimum absolute atomic E-state index is 0.0919. The fourth-order valence-corrected chi connectivity index (χ4v) is 5.26. The van der Waals surface area contributed by atoms with E-state index >= 15 is 0 Å². The molecule has 1 unspecified atom stereocenters. The molecular formula is C29H29N3O6S. The van der Waals surface area contributed by atoms with Gasteiger partial charge in [0.15, 0.2) is 16.7 Å². The molecular weight excluding hydrogens is 518 g/mol. The van der Waals surface area contributed by atoms with Crippen LogP contribution in [0.3, 0.4) is 0 Å². The Labute approximate surface area is 230 Å². The molecule has 1 N–H and O–H groups in total. The number of aromatic nitrogens is 2. The molecule has 9 nitrogen and oxygen atoms in total. The minimum Gasteiger partial charge on any atom is -0.497 e. The molecule has 1 amide bonds. The van der Waals surface area contributed by atoms with Crippen LogP contribution in [0, 0.1) is 0 Å². The molecule has 1 atom stereocenters. The fraction of sp³-hybridized carbons (Fsp3) is 0.276. The van der Waals surface area contributed by atoms with Crippen LogP contribution < -0.4 is 29.8 Å². The predicted octanol–water partition coefficient (Wildman–Crippen LogP) is 5.09. The second-order valence-corrected chi connectivity index (χ2v) is 9.96. The summed E-state index contributed by atoms with van der Waals surface area (Å²) in [6.07, 6.45) is 0.519. The van der Waals surface area contributed by atoms with Gasteiger partial charge in [-0.15, -0.1) is 0 Å². The number of rotatable bonds is 10. The van der Waals surface area contributed by atoms with Gasteiger partial charge >= 0.3 is 0 Å². The number of benzene rings is 3. The van der Waals surface area contributed by atoms with Crippen LogP contribution in [0.1, 0.15) is 25.8 Å². The van der Waals surface area contributed by atoms with Crippen molar-refractivity contribution in [2.24, 2.45) is 0 Å². The van der Waals surface area contributed by atoms with Crippen molar-refractivity contribution in [1.29, 1.82) is 0 Å². The lowest BCUT2D eigenvalue weighted by Gasteiger charge is -2.19. The van der Waals surface area contributed by atoms with E-state index in [0.29, 0.717) is 52.0 Å². The first-order chi connectivity index (χ1) is 19.0. The van der Waals surface area contributed by atoms with Gasteiger partial charge in [0.05, 0.1) is 42.1 Å². The molecule has 0 saturated carbocycles. The lowest BCUT2D eigenvalue weighted by atomic mass is 10.2. The van der Waals surface area contributed by atoms with Gasteiger partial charge in [0, 0.05) is 6.07 Å². The van der Waals surface area contributed by atoms with Crippen LogP contribution in [-0.2, 0) is 11.3 Å². The average Bonchev–Trinajstić information content (AvgIpc) is 3.41. The van der Waals surface area contributed by atoms with Crippen LogP contribution in [0.25, 0.3) is 10.9 Å². The van der Waals surface area contributed by atoms with Crippen LogP contribution in [-0.4, -0.2) is 41.2 Å². The Morgan fingerprint density at radius 1 is 1.10 bits per heavy atom. The number of nitrogens with zero attached hydrogens (tertiary/aromatic N) is 2. The number of hydrogen-bond donors (Lipinski definition) is 1. The summed E-state index contributed by atoms with van der Waals surface area (Å²) in [7, 11) is 1.61. The maximum absolute atomic E-state index is 13.8. The van der Waals surface area contributed by atoms with Crippen molar-refractivity contribution in [3.63, 3.8) is 0 Å². The molecule has 1 aliphatic rings. The highest BCUT2D eigenvalue weighted by Gasteiger charge is 2.25. The summed E-state index contributed by atoms with van der Waals surface area (Å²) in [6, 6.07) is 18.2. The highest BCUT2D eigenvalue weighted by molar-refractivity contribution is 8.00. The first kappa shape index (κ1) is 26.4. The number of para-hydroxylation sites is 2. The predicted molar refractivity (Wildman–Crippen MR) is 150 cm³/mol. The molecule has 202 valence electrons. The summed E-state index contributed by atoms with van der Waals surface area (Å²) in [5.74, 6) is 2.17. The summed E-state index contributed by atoms with van der Waals surface area (Å²) in [4.78, 5) is 32.0. The Balaban J connectivity index is 1.51. The maximum Gasteiger partial charge on any atom is 0.262 e. The normalized spacial score (nSPS) is 12.8. The Morgan fingerprint density at radius 2 is 1.85 bits per heavy atom. The molecule has 4 aromatic rings. The van der Waals surface area contributed by atoms with Crippen molar-refractivity contribution < 1.29 is 23.7 Å². The van der Waals surface area contributed by atoms with Gasteiger partial charge in [-0.25, -0.2) is 4.98 Å².